The van der Waals surface area contributed by atoms with E-state index in [2.05, 4.69) is 17.2 Å². The van der Waals surface area contributed by atoms with E-state index in [9.17, 15) is 0 Å². The summed E-state index contributed by atoms with van der Waals surface area (Å²) in [7, 11) is 0. The van der Waals surface area contributed by atoms with Crippen molar-refractivity contribution >= 4 is 28.8 Å². The van der Waals surface area contributed by atoms with Gasteiger partial charge in [0, 0.05) is 12.0 Å². The van der Waals surface area contributed by atoms with Crippen LogP contribution in [0.15, 0.2) is 5.38 Å². The van der Waals surface area contributed by atoms with Crippen molar-refractivity contribution in [3.63, 3.8) is 0 Å². The van der Waals surface area contributed by atoms with Crippen LogP contribution in [0, 0.1) is 0 Å². The molecule has 1 fully saturated rings. The zero-order chi connectivity index (χ0) is 9.26. The Kier molecular flexibility index (Phi) is 2.71. The number of halogens is 1. The number of anilines is 1. The summed E-state index contributed by atoms with van der Waals surface area (Å²) in [6.07, 6.45) is 1.30. The number of hydrogen-bond donors (Lipinski definition) is 1. The van der Waals surface area contributed by atoms with E-state index in [1.807, 2.05) is 5.38 Å². The van der Waals surface area contributed by atoms with Crippen LogP contribution in [-0.4, -0.2) is 23.7 Å². The lowest BCUT2D eigenvalue weighted by atomic mass is 10.2. The van der Waals surface area contributed by atoms with Crippen molar-refractivity contribution in [3.8, 4) is 0 Å². The van der Waals surface area contributed by atoms with Crippen LogP contribution in [0.2, 0.25) is 4.47 Å². The van der Waals surface area contributed by atoms with Crippen molar-refractivity contribution in [2.24, 2.45) is 0 Å². The molecule has 1 aliphatic rings. The van der Waals surface area contributed by atoms with Crippen molar-refractivity contribution in [2.45, 2.75) is 25.5 Å². The monoisotopic (exact) mass is 218 g/mol. The van der Waals surface area contributed by atoms with Gasteiger partial charge in [0.15, 0.2) is 4.47 Å². The smallest absolute Gasteiger partial charge is 0.185 e. The molecule has 0 spiro atoms. The number of aromatic nitrogens is 1. The fraction of sp³-hybridized carbons (Fsp3) is 0.625. The van der Waals surface area contributed by atoms with Crippen LogP contribution < -0.4 is 5.32 Å². The first-order valence-corrected chi connectivity index (χ1v) is 5.50. The molecular weight excluding hydrogens is 208 g/mol. The highest BCUT2D eigenvalue weighted by Gasteiger charge is 2.24. The van der Waals surface area contributed by atoms with Gasteiger partial charge in [-0.3, -0.25) is 0 Å². The van der Waals surface area contributed by atoms with Gasteiger partial charge < -0.3 is 10.1 Å². The van der Waals surface area contributed by atoms with Gasteiger partial charge in [-0.15, -0.1) is 11.3 Å². The van der Waals surface area contributed by atoms with Crippen LogP contribution in [0.3, 0.4) is 0 Å². The van der Waals surface area contributed by atoms with E-state index in [0.29, 0.717) is 10.5 Å². The van der Waals surface area contributed by atoms with Crippen LogP contribution in [0.25, 0.3) is 0 Å². The summed E-state index contributed by atoms with van der Waals surface area (Å²) in [5, 5.41) is 5.23. The molecule has 3 nitrogen and oxygen atoms in total. The average molecular weight is 219 g/mol. The molecule has 1 N–H and O–H groups in total. The Morgan fingerprint density at radius 1 is 1.77 bits per heavy atom. The standard InChI is InChI=1S/C8H11ClN2OS/c1-5-6(2-3-12-5)10-7-4-13-8(9)11-7/h4-6,10H,2-3H2,1H3/t5-,6-/m1/s1. The lowest BCUT2D eigenvalue weighted by Crippen LogP contribution is -2.26. The molecule has 1 aromatic heterocycles. The van der Waals surface area contributed by atoms with E-state index in [1.54, 1.807) is 0 Å². The summed E-state index contributed by atoms with van der Waals surface area (Å²) < 4.78 is 6.00. The third-order valence-corrected chi connectivity index (χ3v) is 3.16. The predicted octanol–water partition coefficient (Wildman–Crippen LogP) is 2.39. The first-order valence-electron chi connectivity index (χ1n) is 4.25. The lowest BCUT2D eigenvalue weighted by molar-refractivity contribution is 0.121. The van der Waals surface area contributed by atoms with Gasteiger partial charge in [-0.1, -0.05) is 11.6 Å². The summed E-state index contributed by atoms with van der Waals surface area (Å²) in [4.78, 5) is 4.13. The minimum atomic E-state index is 0.264. The third-order valence-electron chi connectivity index (χ3n) is 2.19. The highest BCUT2D eigenvalue weighted by Crippen LogP contribution is 2.22. The Bertz CT molecular complexity index is 291. The second kappa shape index (κ2) is 3.82. The molecule has 72 valence electrons. The first-order chi connectivity index (χ1) is 6.25. The van der Waals surface area contributed by atoms with Gasteiger partial charge in [-0.25, -0.2) is 4.98 Å². The van der Waals surface area contributed by atoms with Gasteiger partial charge in [0.1, 0.15) is 5.82 Å². The zero-order valence-electron chi connectivity index (χ0n) is 7.29. The fourth-order valence-electron chi connectivity index (χ4n) is 1.43. The summed E-state index contributed by atoms with van der Waals surface area (Å²) in [6.45, 7) is 2.90. The fourth-order valence-corrected chi connectivity index (χ4v) is 2.13. The van der Waals surface area contributed by atoms with E-state index in [-0.39, 0.29) is 6.10 Å². The Morgan fingerprint density at radius 3 is 3.15 bits per heavy atom. The zero-order valence-corrected chi connectivity index (χ0v) is 8.86. The highest BCUT2D eigenvalue weighted by molar-refractivity contribution is 7.14. The van der Waals surface area contributed by atoms with Crippen LogP contribution in [0.5, 0.6) is 0 Å². The van der Waals surface area contributed by atoms with E-state index in [1.165, 1.54) is 11.3 Å². The van der Waals surface area contributed by atoms with Gasteiger partial charge in [0.2, 0.25) is 0 Å². The minimum Gasteiger partial charge on any atom is -0.376 e. The number of hydrogen-bond acceptors (Lipinski definition) is 4. The van der Waals surface area contributed by atoms with Crippen LogP contribution >= 0.6 is 22.9 Å². The molecular formula is C8H11ClN2OS. The number of ether oxygens (including phenoxy) is 1. The Hall–Kier alpha value is -0.320. The predicted molar refractivity (Wildman–Crippen MR) is 54.6 cm³/mol. The molecule has 5 heteroatoms. The maximum absolute atomic E-state index is 5.72. The van der Waals surface area contributed by atoms with Crippen molar-refractivity contribution < 1.29 is 4.74 Å². The SMILES string of the molecule is C[C@H]1OCC[C@H]1Nc1csc(Cl)n1. The van der Waals surface area contributed by atoms with Crippen molar-refractivity contribution in [3.05, 3.63) is 9.85 Å². The van der Waals surface area contributed by atoms with Gasteiger partial charge in [-0.05, 0) is 13.3 Å². The molecule has 0 unspecified atom stereocenters. The Morgan fingerprint density at radius 2 is 2.62 bits per heavy atom. The van der Waals surface area contributed by atoms with Crippen LogP contribution in [-0.2, 0) is 4.74 Å². The molecule has 1 aromatic rings. The highest BCUT2D eigenvalue weighted by atomic mass is 35.5. The van der Waals surface area contributed by atoms with E-state index < -0.39 is 0 Å². The number of nitrogens with one attached hydrogen (secondary N) is 1. The normalized spacial score (nSPS) is 27.8. The van der Waals surface area contributed by atoms with Gasteiger partial charge in [0.25, 0.3) is 0 Å². The maximum Gasteiger partial charge on any atom is 0.185 e. The molecule has 2 atom stereocenters. The Labute approximate surface area is 86.1 Å². The second-order valence-corrected chi connectivity index (χ2v) is 4.54. The minimum absolute atomic E-state index is 0.264. The molecule has 2 heterocycles. The van der Waals surface area contributed by atoms with Crippen LogP contribution in [0.1, 0.15) is 13.3 Å². The lowest BCUT2D eigenvalue weighted by Gasteiger charge is -2.14. The second-order valence-electron chi connectivity index (χ2n) is 3.10. The van der Waals surface area contributed by atoms with E-state index in [0.717, 1.165) is 18.8 Å². The number of rotatable bonds is 2. The topological polar surface area (TPSA) is 34.1 Å². The molecule has 0 bridgehead atoms. The third kappa shape index (κ3) is 2.13. The summed E-state index contributed by atoms with van der Waals surface area (Å²) in [6, 6.07) is 0.373. The largest absolute Gasteiger partial charge is 0.376 e. The number of nitrogens with zero attached hydrogens (tertiary/aromatic N) is 1. The van der Waals surface area contributed by atoms with Gasteiger partial charge in [0.05, 0.1) is 12.1 Å². The molecule has 2 rings (SSSR count). The molecule has 13 heavy (non-hydrogen) atoms. The van der Waals surface area contributed by atoms with Crippen molar-refractivity contribution in [1.82, 2.24) is 4.98 Å². The summed E-state index contributed by atoms with van der Waals surface area (Å²) in [5.74, 6) is 0.859. The molecule has 0 saturated carbocycles. The van der Waals surface area contributed by atoms with E-state index in [4.69, 9.17) is 16.3 Å². The molecule has 0 radical (unpaired) electrons. The van der Waals surface area contributed by atoms with Crippen molar-refractivity contribution in [1.29, 1.82) is 0 Å². The number of thiazole rings is 1. The molecule has 1 saturated heterocycles. The average Bonchev–Trinajstić information content (AvgIpc) is 2.64. The first kappa shape index (κ1) is 9.24. The van der Waals surface area contributed by atoms with E-state index >= 15 is 0 Å². The van der Waals surface area contributed by atoms with Gasteiger partial charge >= 0.3 is 0 Å². The van der Waals surface area contributed by atoms with Crippen molar-refractivity contribution in [2.75, 3.05) is 11.9 Å². The maximum atomic E-state index is 5.72. The molecule has 0 aliphatic carbocycles. The van der Waals surface area contributed by atoms with Gasteiger partial charge in [-0.2, -0.15) is 0 Å². The van der Waals surface area contributed by atoms with Crippen LogP contribution in [0.4, 0.5) is 5.82 Å². The Balaban J connectivity index is 1.97. The molecule has 0 amide bonds. The summed E-state index contributed by atoms with van der Waals surface area (Å²) >= 11 is 7.16. The quantitative estimate of drug-likeness (QED) is 0.828. The molecule has 0 aromatic carbocycles. The molecule has 1 aliphatic heterocycles. The summed E-state index contributed by atoms with van der Waals surface area (Å²) in [5.41, 5.74) is 0.